The van der Waals surface area contributed by atoms with Gasteiger partial charge in [-0.25, -0.2) is 9.18 Å². The van der Waals surface area contributed by atoms with E-state index in [2.05, 4.69) is 15.6 Å². The largest absolute Gasteiger partial charge is 0.342 e. The van der Waals surface area contributed by atoms with Crippen LogP contribution in [0.15, 0.2) is 60.8 Å². The number of para-hydroxylation sites is 1. The molecule has 0 aliphatic carbocycles. The van der Waals surface area contributed by atoms with Crippen molar-refractivity contribution in [3.05, 3.63) is 72.2 Å². The Bertz CT molecular complexity index is 1080. The van der Waals surface area contributed by atoms with Gasteiger partial charge in [-0.2, -0.15) is 0 Å². The van der Waals surface area contributed by atoms with Crippen LogP contribution in [-0.2, 0) is 11.2 Å². The van der Waals surface area contributed by atoms with Gasteiger partial charge in [0.2, 0.25) is 5.91 Å². The predicted octanol–water partition coefficient (Wildman–Crippen LogP) is 3.98. The Balaban J connectivity index is 1.30. The Labute approximate surface area is 180 Å². The first-order valence-electron chi connectivity index (χ1n) is 10.5. The summed E-state index contributed by atoms with van der Waals surface area (Å²) in [5.41, 5.74) is 2.20. The zero-order valence-electron chi connectivity index (χ0n) is 17.2. The topological polar surface area (TPSA) is 74.3 Å². The molecule has 0 saturated carbocycles. The molecule has 2 N–H and O–H groups in total. The van der Waals surface area contributed by atoms with Crippen molar-refractivity contribution in [1.82, 2.24) is 15.2 Å². The van der Waals surface area contributed by atoms with Gasteiger partial charge in [0.15, 0.2) is 0 Å². The molecule has 160 valence electrons. The van der Waals surface area contributed by atoms with E-state index in [0.717, 1.165) is 35.9 Å². The lowest BCUT2D eigenvalue weighted by Crippen LogP contribution is -2.44. The third kappa shape index (κ3) is 5.36. The van der Waals surface area contributed by atoms with E-state index in [-0.39, 0.29) is 17.9 Å². The van der Waals surface area contributed by atoms with Gasteiger partial charge in [0.25, 0.3) is 0 Å². The van der Waals surface area contributed by atoms with Gasteiger partial charge in [-0.05, 0) is 48.6 Å². The number of fused-ring (bicyclic) bond motifs is 1. The van der Waals surface area contributed by atoms with Crippen molar-refractivity contribution in [2.75, 3.05) is 25.0 Å². The van der Waals surface area contributed by atoms with Gasteiger partial charge in [0, 0.05) is 36.9 Å². The summed E-state index contributed by atoms with van der Waals surface area (Å²) in [6.45, 7) is 1.79. The maximum absolute atomic E-state index is 13.2. The van der Waals surface area contributed by atoms with Crippen molar-refractivity contribution >= 4 is 28.5 Å². The van der Waals surface area contributed by atoms with E-state index < -0.39 is 5.82 Å². The van der Waals surface area contributed by atoms with E-state index >= 15 is 0 Å². The first-order chi connectivity index (χ1) is 15.1. The fourth-order valence-corrected chi connectivity index (χ4v) is 4.02. The van der Waals surface area contributed by atoms with E-state index in [1.165, 1.54) is 12.1 Å². The summed E-state index contributed by atoms with van der Waals surface area (Å²) in [5.74, 6) is -0.144. The Kier molecular flexibility index (Phi) is 6.40. The first kappa shape index (κ1) is 20.8. The number of halogens is 1. The van der Waals surface area contributed by atoms with E-state index in [4.69, 9.17) is 0 Å². The van der Waals surface area contributed by atoms with Crippen LogP contribution < -0.4 is 10.6 Å². The number of hydrogen-bond donors (Lipinski definition) is 2. The van der Waals surface area contributed by atoms with Crippen LogP contribution in [0.1, 0.15) is 18.4 Å². The highest BCUT2D eigenvalue weighted by atomic mass is 19.1. The van der Waals surface area contributed by atoms with Crippen LogP contribution in [0.5, 0.6) is 0 Å². The van der Waals surface area contributed by atoms with Gasteiger partial charge in [0.05, 0.1) is 11.9 Å². The van der Waals surface area contributed by atoms with E-state index in [0.29, 0.717) is 25.2 Å². The number of aromatic nitrogens is 1. The van der Waals surface area contributed by atoms with Crippen LogP contribution in [0.25, 0.3) is 10.9 Å². The Morgan fingerprint density at radius 3 is 2.84 bits per heavy atom. The van der Waals surface area contributed by atoms with Crippen LogP contribution in [0.2, 0.25) is 0 Å². The lowest BCUT2D eigenvalue weighted by Gasteiger charge is -2.33. The van der Waals surface area contributed by atoms with Crippen LogP contribution in [0.3, 0.4) is 0 Å². The van der Waals surface area contributed by atoms with Gasteiger partial charge >= 0.3 is 6.03 Å². The normalized spacial score (nSPS) is 16.2. The number of amides is 3. The summed E-state index contributed by atoms with van der Waals surface area (Å²) in [7, 11) is 0. The van der Waals surface area contributed by atoms with Gasteiger partial charge in [-0.1, -0.05) is 30.3 Å². The number of rotatable bonds is 5. The van der Waals surface area contributed by atoms with Gasteiger partial charge in [-0.3, -0.25) is 9.78 Å². The summed E-state index contributed by atoms with van der Waals surface area (Å²) in [6, 6.07) is 15.2. The molecule has 3 amide bonds. The third-order valence-corrected chi connectivity index (χ3v) is 5.56. The second kappa shape index (κ2) is 9.55. The fraction of sp³-hybridized carbons (Fsp3) is 0.292. The minimum atomic E-state index is -0.402. The number of nitrogens with one attached hydrogen (secondary N) is 2. The maximum atomic E-state index is 13.2. The third-order valence-electron chi connectivity index (χ3n) is 5.56. The molecule has 1 unspecified atom stereocenters. The minimum absolute atomic E-state index is 0.0760. The van der Waals surface area contributed by atoms with Crippen molar-refractivity contribution in [1.29, 1.82) is 0 Å². The summed E-state index contributed by atoms with van der Waals surface area (Å²) in [6.07, 6.45) is 3.90. The molecule has 7 heteroatoms. The molecular formula is C24H25FN4O2. The number of anilines is 1. The molecule has 2 aromatic carbocycles. The molecule has 0 radical (unpaired) electrons. The quantitative estimate of drug-likeness (QED) is 0.656. The molecule has 1 aliphatic rings. The number of carbonyl (C=O) groups excluding carboxylic acids is 2. The van der Waals surface area contributed by atoms with Gasteiger partial charge in [0.1, 0.15) is 5.82 Å². The molecule has 3 aromatic rings. The second-order valence-corrected chi connectivity index (χ2v) is 7.86. The average Bonchev–Trinajstić information content (AvgIpc) is 2.78. The molecule has 1 fully saturated rings. The molecule has 1 atom stereocenters. The lowest BCUT2D eigenvalue weighted by molar-refractivity contribution is -0.132. The molecule has 2 heterocycles. The predicted molar refractivity (Wildman–Crippen MR) is 118 cm³/mol. The highest BCUT2D eigenvalue weighted by Crippen LogP contribution is 2.20. The molecular weight excluding hydrogens is 395 g/mol. The average molecular weight is 420 g/mol. The van der Waals surface area contributed by atoms with Crippen LogP contribution in [0.4, 0.5) is 14.9 Å². The van der Waals surface area contributed by atoms with E-state index in [1.54, 1.807) is 18.3 Å². The van der Waals surface area contributed by atoms with Crippen molar-refractivity contribution in [2.45, 2.75) is 19.3 Å². The zero-order chi connectivity index (χ0) is 21.6. The first-order valence-corrected chi connectivity index (χ1v) is 10.5. The van der Waals surface area contributed by atoms with E-state index in [1.807, 2.05) is 35.2 Å². The van der Waals surface area contributed by atoms with Gasteiger partial charge < -0.3 is 15.5 Å². The highest BCUT2D eigenvalue weighted by Gasteiger charge is 2.24. The summed E-state index contributed by atoms with van der Waals surface area (Å²) in [4.78, 5) is 31.4. The summed E-state index contributed by atoms with van der Waals surface area (Å²) < 4.78 is 13.2. The molecule has 1 saturated heterocycles. The Morgan fingerprint density at radius 2 is 1.97 bits per heavy atom. The minimum Gasteiger partial charge on any atom is -0.342 e. The number of urea groups is 1. The number of carbonyl (C=O) groups is 2. The number of benzene rings is 2. The van der Waals surface area contributed by atoms with Gasteiger partial charge in [-0.15, -0.1) is 0 Å². The monoisotopic (exact) mass is 420 g/mol. The van der Waals surface area contributed by atoms with Crippen LogP contribution in [0, 0.1) is 11.7 Å². The molecule has 0 bridgehead atoms. The second-order valence-electron chi connectivity index (χ2n) is 7.86. The standard InChI is InChI=1S/C24H25FN4O2/c25-20-9-2-10-21(14-20)28-24(31)27-15-17-5-4-12-29(16-17)22(30)13-19-7-1-6-18-8-3-11-26-23(18)19/h1-3,6-11,14,17H,4-5,12-13,15-16H2,(H2,27,28,31). The number of nitrogens with zero attached hydrogens (tertiary/aromatic N) is 2. The van der Waals surface area contributed by atoms with Crippen LogP contribution in [-0.4, -0.2) is 41.5 Å². The lowest BCUT2D eigenvalue weighted by atomic mass is 9.97. The van der Waals surface area contributed by atoms with Crippen molar-refractivity contribution in [3.8, 4) is 0 Å². The van der Waals surface area contributed by atoms with Crippen LogP contribution >= 0.6 is 0 Å². The SMILES string of the molecule is O=C(NCC1CCCN(C(=O)Cc2cccc3cccnc23)C1)Nc1cccc(F)c1. The molecule has 31 heavy (non-hydrogen) atoms. The molecule has 0 spiro atoms. The molecule has 6 nitrogen and oxygen atoms in total. The van der Waals surface area contributed by atoms with E-state index in [9.17, 15) is 14.0 Å². The highest BCUT2D eigenvalue weighted by molar-refractivity contribution is 5.89. The molecule has 1 aromatic heterocycles. The fourth-order valence-electron chi connectivity index (χ4n) is 4.02. The maximum Gasteiger partial charge on any atom is 0.319 e. The number of pyridine rings is 1. The molecule has 4 rings (SSSR count). The number of piperidine rings is 1. The zero-order valence-corrected chi connectivity index (χ0v) is 17.2. The van der Waals surface area contributed by atoms with Crippen molar-refractivity contribution in [3.63, 3.8) is 0 Å². The van der Waals surface area contributed by atoms with Crippen molar-refractivity contribution in [2.24, 2.45) is 5.92 Å². The molecule has 1 aliphatic heterocycles. The van der Waals surface area contributed by atoms with Crippen molar-refractivity contribution < 1.29 is 14.0 Å². The summed E-state index contributed by atoms with van der Waals surface area (Å²) >= 11 is 0. The summed E-state index contributed by atoms with van der Waals surface area (Å²) in [5, 5.41) is 6.49. The smallest absolute Gasteiger partial charge is 0.319 e. The Hall–Kier alpha value is -3.48. The Morgan fingerprint density at radius 1 is 1.13 bits per heavy atom. The number of likely N-dealkylation sites (tertiary alicyclic amines) is 1. The number of hydrogen-bond acceptors (Lipinski definition) is 3.